The molecule has 0 saturated carbocycles. The van der Waals surface area contributed by atoms with Crippen molar-refractivity contribution in [2.45, 2.75) is 13.0 Å². The van der Waals surface area contributed by atoms with Gasteiger partial charge in [0.15, 0.2) is 0 Å². The maximum Gasteiger partial charge on any atom is 0.249 e. The van der Waals surface area contributed by atoms with Gasteiger partial charge in [-0.1, -0.05) is 0 Å². The van der Waals surface area contributed by atoms with Crippen molar-refractivity contribution < 1.29 is 9.53 Å². The molecule has 1 aromatic carbocycles. The highest BCUT2D eigenvalue weighted by Crippen LogP contribution is 2.23. The highest BCUT2D eigenvalue weighted by Gasteiger charge is 2.08. The number of nitrogens with one attached hydrogen (secondary N) is 1. The Hall–Kier alpha value is -1.07. The molecule has 0 fully saturated rings. The summed E-state index contributed by atoms with van der Waals surface area (Å²) in [6.07, 6.45) is 0.0660. The topological polar surface area (TPSA) is 64.3 Å². The van der Waals surface area contributed by atoms with Crippen molar-refractivity contribution in [3.05, 3.63) is 28.2 Å². The molecule has 0 heterocycles. The summed E-state index contributed by atoms with van der Waals surface area (Å²) in [7, 11) is 1.87. The average Bonchev–Trinajstić information content (AvgIpc) is 2.17. The summed E-state index contributed by atoms with van der Waals surface area (Å²) in [6.45, 7) is 2.72. The van der Waals surface area contributed by atoms with Gasteiger partial charge in [-0.15, -0.1) is 0 Å². The lowest BCUT2D eigenvalue weighted by atomic mass is 10.2. The van der Waals surface area contributed by atoms with Crippen molar-refractivity contribution in [1.29, 1.82) is 0 Å². The van der Waals surface area contributed by atoms with Gasteiger partial charge in [-0.2, -0.15) is 0 Å². The number of nitrogens with two attached hydrogens (primary N) is 1. The van der Waals surface area contributed by atoms with Gasteiger partial charge in [-0.3, -0.25) is 4.79 Å². The SMILES string of the molecule is CNCC(C)Oc1ccc(C(N)=O)c(Br)c1. The first-order chi connectivity index (χ1) is 7.54. The van der Waals surface area contributed by atoms with Crippen LogP contribution in [0.15, 0.2) is 22.7 Å². The number of halogens is 1. The summed E-state index contributed by atoms with van der Waals surface area (Å²) >= 11 is 3.28. The zero-order valence-corrected chi connectivity index (χ0v) is 10.9. The van der Waals surface area contributed by atoms with Crippen LogP contribution < -0.4 is 15.8 Å². The fourth-order valence-corrected chi connectivity index (χ4v) is 1.88. The summed E-state index contributed by atoms with van der Waals surface area (Å²) in [6, 6.07) is 5.12. The molecule has 3 N–H and O–H groups in total. The van der Waals surface area contributed by atoms with Crippen LogP contribution in [0.1, 0.15) is 17.3 Å². The summed E-state index contributed by atoms with van der Waals surface area (Å²) in [5.74, 6) is 0.251. The summed E-state index contributed by atoms with van der Waals surface area (Å²) in [5, 5.41) is 3.02. The van der Waals surface area contributed by atoms with Gasteiger partial charge in [0, 0.05) is 11.0 Å². The van der Waals surface area contributed by atoms with Crippen LogP contribution in [0.2, 0.25) is 0 Å². The van der Waals surface area contributed by atoms with E-state index in [0.29, 0.717) is 15.8 Å². The minimum atomic E-state index is -0.457. The van der Waals surface area contributed by atoms with E-state index < -0.39 is 5.91 Å². The molecule has 1 unspecified atom stereocenters. The van der Waals surface area contributed by atoms with Gasteiger partial charge in [-0.25, -0.2) is 0 Å². The van der Waals surface area contributed by atoms with E-state index in [1.54, 1.807) is 18.2 Å². The summed E-state index contributed by atoms with van der Waals surface area (Å²) in [5.41, 5.74) is 5.65. The number of carbonyl (C=O) groups excluding carboxylic acids is 1. The Morgan fingerprint density at radius 1 is 1.62 bits per heavy atom. The maximum atomic E-state index is 11.0. The predicted octanol–water partition coefficient (Wildman–Crippen LogP) is 1.53. The molecule has 0 radical (unpaired) electrons. The number of benzene rings is 1. The lowest BCUT2D eigenvalue weighted by molar-refractivity contribution is 0.0999. The van der Waals surface area contributed by atoms with Crippen molar-refractivity contribution >= 4 is 21.8 Å². The third-order valence-electron chi connectivity index (χ3n) is 2.03. The van der Waals surface area contributed by atoms with E-state index in [1.807, 2.05) is 14.0 Å². The molecule has 5 heteroatoms. The molecule has 4 nitrogen and oxygen atoms in total. The molecule has 0 aliphatic carbocycles. The molecule has 1 rings (SSSR count). The van der Waals surface area contributed by atoms with Crippen LogP contribution in [0.3, 0.4) is 0 Å². The molecule has 0 bridgehead atoms. The van der Waals surface area contributed by atoms with Crippen molar-refractivity contribution in [3.63, 3.8) is 0 Å². The third-order valence-corrected chi connectivity index (χ3v) is 2.69. The lowest BCUT2D eigenvalue weighted by Crippen LogP contribution is -2.26. The van der Waals surface area contributed by atoms with Crippen molar-refractivity contribution in [3.8, 4) is 5.75 Å². The van der Waals surface area contributed by atoms with Gasteiger partial charge >= 0.3 is 0 Å². The number of hydrogen-bond acceptors (Lipinski definition) is 3. The molecule has 88 valence electrons. The van der Waals surface area contributed by atoms with E-state index in [4.69, 9.17) is 10.5 Å². The van der Waals surface area contributed by atoms with Crippen LogP contribution in [0.4, 0.5) is 0 Å². The molecular formula is C11H15BrN2O2. The Kier molecular flexibility index (Phi) is 4.76. The Balaban J connectivity index is 2.77. The Morgan fingerprint density at radius 2 is 2.31 bits per heavy atom. The number of carbonyl (C=O) groups is 1. The van der Waals surface area contributed by atoms with Gasteiger partial charge in [-0.05, 0) is 48.1 Å². The first kappa shape index (κ1) is 13.0. The first-order valence-electron chi connectivity index (χ1n) is 4.95. The molecule has 1 aromatic rings. The van der Waals surface area contributed by atoms with E-state index in [0.717, 1.165) is 6.54 Å². The average molecular weight is 287 g/mol. The molecule has 0 aliphatic heterocycles. The van der Waals surface area contributed by atoms with Crippen LogP contribution in [-0.4, -0.2) is 25.6 Å². The van der Waals surface area contributed by atoms with Crippen LogP contribution >= 0.6 is 15.9 Å². The second-order valence-corrected chi connectivity index (χ2v) is 4.35. The highest BCUT2D eigenvalue weighted by molar-refractivity contribution is 9.10. The van der Waals surface area contributed by atoms with Crippen LogP contribution in [0.25, 0.3) is 0 Å². The Bertz CT molecular complexity index is 382. The van der Waals surface area contributed by atoms with Gasteiger partial charge in [0.1, 0.15) is 11.9 Å². The van der Waals surface area contributed by atoms with Gasteiger partial charge in [0.25, 0.3) is 0 Å². The number of primary amides is 1. The number of hydrogen-bond donors (Lipinski definition) is 2. The van der Waals surface area contributed by atoms with Crippen molar-refractivity contribution in [2.75, 3.05) is 13.6 Å². The number of rotatable bonds is 5. The molecule has 1 atom stereocenters. The zero-order chi connectivity index (χ0) is 12.1. The van der Waals surface area contributed by atoms with Gasteiger partial charge in [0.2, 0.25) is 5.91 Å². The predicted molar refractivity (Wildman–Crippen MR) is 66.7 cm³/mol. The first-order valence-corrected chi connectivity index (χ1v) is 5.74. The molecule has 0 aromatic heterocycles. The second kappa shape index (κ2) is 5.86. The van der Waals surface area contributed by atoms with Crippen molar-refractivity contribution in [2.24, 2.45) is 5.73 Å². The molecule has 1 amide bonds. The minimum Gasteiger partial charge on any atom is -0.489 e. The van der Waals surface area contributed by atoms with Crippen LogP contribution in [0, 0.1) is 0 Å². The Morgan fingerprint density at radius 3 is 2.81 bits per heavy atom. The standard InChI is InChI=1S/C11H15BrN2O2/c1-7(6-14-2)16-8-3-4-9(11(13)15)10(12)5-8/h3-5,7,14H,6H2,1-2H3,(H2,13,15). The molecule has 16 heavy (non-hydrogen) atoms. The van der Waals surface area contributed by atoms with Gasteiger partial charge in [0.05, 0.1) is 5.56 Å². The molecule has 0 aliphatic rings. The maximum absolute atomic E-state index is 11.0. The Labute approximate surface area is 103 Å². The largest absolute Gasteiger partial charge is 0.489 e. The highest BCUT2D eigenvalue weighted by atomic mass is 79.9. The summed E-state index contributed by atoms with van der Waals surface area (Å²) in [4.78, 5) is 11.0. The van der Waals surface area contributed by atoms with E-state index in [-0.39, 0.29) is 6.10 Å². The molecule has 0 saturated heterocycles. The van der Waals surface area contributed by atoms with Crippen molar-refractivity contribution in [1.82, 2.24) is 5.32 Å². The monoisotopic (exact) mass is 286 g/mol. The van der Waals surface area contributed by atoms with E-state index in [9.17, 15) is 4.79 Å². The quantitative estimate of drug-likeness (QED) is 0.863. The van der Waals surface area contributed by atoms with Gasteiger partial charge < -0.3 is 15.8 Å². The molecule has 0 spiro atoms. The van der Waals surface area contributed by atoms with Crippen LogP contribution in [0.5, 0.6) is 5.75 Å². The lowest BCUT2D eigenvalue weighted by Gasteiger charge is -2.14. The van der Waals surface area contributed by atoms with E-state index >= 15 is 0 Å². The summed E-state index contributed by atoms with van der Waals surface area (Å²) < 4.78 is 6.27. The minimum absolute atomic E-state index is 0.0660. The smallest absolute Gasteiger partial charge is 0.249 e. The number of ether oxygens (including phenoxy) is 1. The normalized spacial score (nSPS) is 12.2. The second-order valence-electron chi connectivity index (χ2n) is 3.49. The fourth-order valence-electron chi connectivity index (χ4n) is 1.33. The fraction of sp³-hybridized carbons (Fsp3) is 0.364. The van der Waals surface area contributed by atoms with E-state index in [1.165, 1.54) is 0 Å². The number of likely N-dealkylation sites (N-methyl/N-ethyl adjacent to an activating group) is 1. The van der Waals surface area contributed by atoms with E-state index in [2.05, 4.69) is 21.2 Å². The molecular weight excluding hydrogens is 272 g/mol. The zero-order valence-electron chi connectivity index (χ0n) is 9.29. The number of amides is 1. The van der Waals surface area contributed by atoms with Crippen LogP contribution in [-0.2, 0) is 0 Å². The third kappa shape index (κ3) is 3.50.